The summed E-state index contributed by atoms with van der Waals surface area (Å²) in [6.07, 6.45) is 3.33. The first-order chi connectivity index (χ1) is 13.4. The maximum Gasteiger partial charge on any atom is 0.178 e. The zero-order valence-corrected chi connectivity index (χ0v) is 16.5. The summed E-state index contributed by atoms with van der Waals surface area (Å²) in [5.74, 6) is 1.05. The monoisotopic (exact) mass is 398 g/mol. The number of benzene rings is 2. The molecule has 0 saturated carbocycles. The first-order valence-corrected chi connectivity index (χ1v) is 11.2. The van der Waals surface area contributed by atoms with Crippen molar-refractivity contribution < 1.29 is 18.3 Å². The van der Waals surface area contributed by atoms with E-state index < -0.39 is 15.9 Å². The molecule has 146 valence electrons. The SMILES string of the molecule is Cc1cc2c(cc1Cn1cnc3cc4c(cc31)S(=O)(=O)CCC4)C[C@@H](O)CO2. The number of sulfone groups is 1. The number of aromatic nitrogens is 2. The molecule has 2 aromatic carbocycles. The highest BCUT2D eigenvalue weighted by atomic mass is 32.2. The second-order valence-corrected chi connectivity index (χ2v) is 9.88. The zero-order chi connectivity index (χ0) is 19.5. The molecular weight excluding hydrogens is 376 g/mol. The standard InChI is InChI=1S/C21H22N2O4S/c1-13-5-20-15(7-17(24)11-27-20)6-16(13)10-23-12-22-18-8-14-3-2-4-28(25,26)21(14)9-19(18)23/h5-6,8-9,12,17,24H,2-4,7,10-11H2,1H3/t17-/m1/s1. The third-order valence-electron chi connectivity index (χ3n) is 5.74. The van der Waals surface area contributed by atoms with E-state index in [0.29, 0.717) is 30.9 Å². The van der Waals surface area contributed by atoms with E-state index in [2.05, 4.69) is 11.1 Å². The molecule has 3 heterocycles. The molecule has 6 nitrogen and oxygen atoms in total. The number of fused-ring (bicyclic) bond motifs is 3. The van der Waals surface area contributed by atoms with Gasteiger partial charge in [0.05, 0.1) is 34.1 Å². The van der Waals surface area contributed by atoms with Crippen molar-refractivity contribution in [2.24, 2.45) is 0 Å². The molecule has 7 heteroatoms. The van der Waals surface area contributed by atoms with Crippen LogP contribution in [0.5, 0.6) is 5.75 Å². The van der Waals surface area contributed by atoms with Gasteiger partial charge in [0.25, 0.3) is 0 Å². The van der Waals surface area contributed by atoms with Crippen molar-refractivity contribution in [1.82, 2.24) is 9.55 Å². The number of hydrogen-bond donors (Lipinski definition) is 1. The molecule has 0 fully saturated rings. The van der Waals surface area contributed by atoms with Gasteiger partial charge in [0.15, 0.2) is 9.84 Å². The molecule has 0 radical (unpaired) electrons. The predicted molar refractivity (Wildman–Crippen MR) is 106 cm³/mol. The Morgan fingerprint density at radius 3 is 2.96 bits per heavy atom. The summed E-state index contributed by atoms with van der Waals surface area (Å²) in [6, 6.07) is 7.80. The Morgan fingerprint density at radius 2 is 2.11 bits per heavy atom. The van der Waals surface area contributed by atoms with Crippen molar-refractivity contribution in [3.8, 4) is 5.75 Å². The van der Waals surface area contributed by atoms with E-state index in [0.717, 1.165) is 45.5 Å². The average molecular weight is 398 g/mol. The van der Waals surface area contributed by atoms with Crippen LogP contribution in [0.2, 0.25) is 0 Å². The number of nitrogens with zero attached hydrogens (tertiary/aromatic N) is 2. The van der Waals surface area contributed by atoms with Crippen LogP contribution in [0.15, 0.2) is 35.5 Å². The number of ether oxygens (including phenoxy) is 1. The smallest absolute Gasteiger partial charge is 0.178 e. The summed E-state index contributed by atoms with van der Waals surface area (Å²) >= 11 is 0. The van der Waals surface area contributed by atoms with Gasteiger partial charge in [0.2, 0.25) is 0 Å². The lowest BCUT2D eigenvalue weighted by Gasteiger charge is -2.23. The van der Waals surface area contributed by atoms with Crippen LogP contribution in [-0.4, -0.2) is 41.5 Å². The van der Waals surface area contributed by atoms with Gasteiger partial charge >= 0.3 is 0 Å². The fraction of sp³-hybridized carbons (Fsp3) is 0.381. The van der Waals surface area contributed by atoms with Gasteiger partial charge < -0.3 is 14.4 Å². The molecule has 0 unspecified atom stereocenters. The number of aliphatic hydroxyl groups excluding tert-OH is 1. The minimum absolute atomic E-state index is 0.214. The van der Waals surface area contributed by atoms with Gasteiger partial charge in [-0.2, -0.15) is 0 Å². The van der Waals surface area contributed by atoms with Crippen LogP contribution >= 0.6 is 0 Å². The molecule has 0 amide bonds. The van der Waals surface area contributed by atoms with Crippen molar-refractivity contribution in [3.05, 3.63) is 52.8 Å². The summed E-state index contributed by atoms with van der Waals surface area (Å²) < 4.78 is 32.6. The lowest BCUT2D eigenvalue weighted by Crippen LogP contribution is -2.25. The van der Waals surface area contributed by atoms with Crippen molar-refractivity contribution in [1.29, 1.82) is 0 Å². The Labute approximate surface area is 163 Å². The van der Waals surface area contributed by atoms with E-state index >= 15 is 0 Å². The van der Waals surface area contributed by atoms with E-state index in [1.54, 1.807) is 12.4 Å². The second-order valence-electron chi connectivity index (χ2n) is 7.80. The molecule has 1 atom stereocenters. The van der Waals surface area contributed by atoms with Crippen molar-refractivity contribution in [3.63, 3.8) is 0 Å². The average Bonchev–Trinajstić information content (AvgIpc) is 3.03. The van der Waals surface area contributed by atoms with E-state index in [1.165, 1.54) is 0 Å². The highest BCUT2D eigenvalue weighted by Gasteiger charge is 2.25. The summed E-state index contributed by atoms with van der Waals surface area (Å²) in [5, 5.41) is 9.88. The summed E-state index contributed by atoms with van der Waals surface area (Å²) in [5.41, 5.74) is 5.74. The molecule has 1 aromatic heterocycles. The first kappa shape index (κ1) is 17.7. The zero-order valence-electron chi connectivity index (χ0n) is 15.7. The molecule has 0 spiro atoms. The largest absolute Gasteiger partial charge is 0.491 e. The van der Waals surface area contributed by atoms with Crippen molar-refractivity contribution in [2.75, 3.05) is 12.4 Å². The molecule has 28 heavy (non-hydrogen) atoms. The van der Waals surface area contributed by atoms with Crippen LogP contribution in [0.4, 0.5) is 0 Å². The van der Waals surface area contributed by atoms with E-state index in [9.17, 15) is 13.5 Å². The van der Waals surface area contributed by atoms with Crippen LogP contribution in [0.1, 0.15) is 28.7 Å². The minimum atomic E-state index is -3.21. The van der Waals surface area contributed by atoms with Gasteiger partial charge in [-0.1, -0.05) is 0 Å². The molecule has 0 aliphatic carbocycles. The van der Waals surface area contributed by atoms with Crippen molar-refractivity contribution >= 4 is 20.9 Å². The maximum atomic E-state index is 12.5. The molecule has 2 aliphatic heterocycles. The van der Waals surface area contributed by atoms with E-state index in [4.69, 9.17) is 4.74 Å². The second kappa shape index (κ2) is 6.32. The molecule has 0 bridgehead atoms. The number of imidazole rings is 1. The quantitative estimate of drug-likeness (QED) is 0.717. The van der Waals surface area contributed by atoms with Crippen LogP contribution < -0.4 is 4.74 Å². The molecule has 1 N–H and O–H groups in total. The molecule has 5 rings (SSSR count). The lowest BCUT2D eigenvalue weighted by atomic mass is 9.98. The Bertz CT molecular complexity index is 1200. The first-order valence-electron chi connectivity index (χ1n) is 9.54. The molecule has 2 aliphatic rings. The maximum absolute atomic E-state index is 12.5. The highest BCUT2D eigenvalue weighted by molar-refractivity contribution is 7.91. The Hall–Kier alpha value is -2.38. The van der Waals surface area contributed by atoms with Crippen LogP contribution in [0.25, 0.3) is 11.0 Å². The van der Waals surface area contributed by atoms with Gasteiger partial charge in [-0.05, 0) is 66.3 Å². The predicted octanol–water partition coefficient (Wildman–Crippen LogP) is 2.41. The van der Waals surface area contributed by atoms with Crippen LogP contribution in [0.3, 0.4) is 0 Å². The van der Waals surface area contributed by atoms with Crippen LogP contribution in [0, 0.1) is 6.92 Å². The molecule has 0 saturated heterocycles. The summed E-state index contributed by atoms with van der Waals surface area (Å²) in [4.78, 5) is 4.95. The Morgan fingerprint density at radius 1 is 1.25 bits per heavy atom. The highest BCUT2D eigenvalue weighted by Crippen LogP contribution is 2.31. The van der Waals surface area contributed by atoms with Crippen molar-refractivity contribution in [2.45, 2.75) is 43.7 Å². The fourth-order valence-electron chi connectivity index (χ4n) is 4.23. The Balaban J connectivity index is 1.57. The van der Waals surface area contributed by atoms with Gasteiger partial charge in [0, 0.05) is 13.0 Å². The lowest BCUT2D eigenvalue weighted by molar-refractivity contribution is 0.0920. The number of aryl methyl sites for hydroxylation is 2. The minimum Gasteiger partial charge on any atom is -0.491 e. The van der Waals surface area contributed by atoms with E-state index in [-0.39, 0.29) is 5.75 Å². The topological polar surface area (TPSA) is 81.4 Å². The van der Waals surface area contributed by atoms with E-state index in [1.807, 2.05) is 23.6 Å². The third kappa shape index (κ3) is 2.89. The molecular formula is C21H22N2O4S. The van der Waals surface area contributed by atoms with Gasteiger partial charge in [0.1, 0.15) is 12.4 Å². The number of aliphatic hydroxyl groups is 1. The molecule has 3 aromatic rings. The number of rotatable bonds is 2. The summed E-state index contributed by atoms with van der Waals surface area (Å²) in [7, 11) is -3.21. The fourth-order valence-corrected chi connectivity index (χ4v) is 5.82. The summed E-state index contributed by atoms with van der Waals surface area (Å²) in [6.45, 7) is 2.96. The van der Waals surface area contributed by atoms with Gasteiger partial charge in [-0.3, -0.25) is 0 Å². The third-order valence-corrected chi connectivity index (χ3v) is 7.62. The number of hydrogen-bond acceptors (Lipinski definition) is 5. The van der Waals surface area contributed by atoms with Crippen LogP contribution in [-0.2, 0) is 29.2 Å². The Kier molecular flexibility index (Phi) is 4.00. The van der Waals surface area contributed by atoms with Gasteiger partial charge in [-0.15, -0.1) is 0 Å². The van der Waals surface area contributed by atoms with Gasteiger partial charge in [-0.25, -0.2) is 13.4 Å². The normalized spacial score (nSPS) is 20.4.